The van der Waals surface area contributed by atoms with E-state index in [0.29, 0.717) is 6.42 Å². The molecule has 0 bridgehead atoms. The van der Waals surface area contributed by atoms with E-state index in [4.69, 9.17) is 4.74 Å². The molecule has 1 aliphatic heterocycles. The van der Waals surface area contributed by atoms with Crippen LogP contribution in [0.15, 0.2) is 30.3 Å². The quantitative estimate of drug-likeness (QED) is 0.539. The Morgan fingerprint density at radius 1 is 1.24 bits per heavy atom. The van der Waals surface area contributed by atoms with Crippen molar-refractivity contribution in [3.05, 3.63) is 35.9 Å². The zero-order chi connectivity index (χ0) is 14.9. The van der Waals surface area contributed by atoms with Crippen molar-refractivity contribution in [1.29, 1.82) is 0 Å². The number of hydrogen-bond acceptors (Lipinski definition) is 3. The summed E-state index contributed by atoms with van der Waals surface area (Å²) in [5.41, 5.74) is 1.32. The number of unbranched alkanes of at least 4 members (excludes halogenated alkanes) is 3. The lowest BCUT2D eigenvalue weighted by Gasteiger charge is -2.16. The molecule has 0 aromatic heterocycles. The smallest absolute Gasteiger partial charge is 0.306 e. The fourth-order valence-electron chi connectivity index (χ4n) is 2.82. The van der Waals surface area contributed by atoms with Crippen molar-refractivity contribution < 1.29 is 9.53 Å². The Kier molecular flexibility index (Phi) is 6.74. The molecule has 3 nitrogen and oxygen atoms in total. The molecule has 1 fully saturated rings. The summed E-state index contributed by atoms with van der Waals surface area (Å²) >= 11 is 0. The molecule has 2 rings (SSSR count). The Morgan fingerprint density at radius 2 is 2.05 bits per heavy atom. The van der Waals surface area contributed by atoms with Gasteiger partial charge in [0.05, 0.1) is 0 Å². The van der Waals surface area contributed by atoms with Gasteiger partial charge in [0.1, 0.15) is 6.10 Å². The van der Waals surface area contributed by atoms with Gasteiger partial charge in [-0.2, -0.15) is 0 Å². The summed E-state index contributed by atoms with van der Waals surface area (Å²) < 4.78 is 5.58. The molecule has 0 aliphatic carbocycles. The maximum atomic E-state index is 11.8. The monoisotopic (exact) mass is 289 g/mol. The molecule has 1 aromatic rings. The normalized spacial score (nSPS) is 18.8. The molecule has 116 valence electrons. The molecule has 1 aliphatic rings. The van der Waals surface area contributed by atoms with Crippen LogP contribution in [0.4, 0.5) is 0 Å². The van der Waals surface area contributed by atoms with Gasteiger partial charge >= 0.3 is 5.97 Å². The Labute approximate surface area is 128 Å². The SMILES string of the molecule is CCCCCCC(=O)OC1CCN(Cc2ccccc2)C1. The van der Waals surface area contributed by atoms with E-state index in [1.165, 1.54) is 18.4 Å². The average molecular weight is 289 g/mol. The molecule has 0 spiro atoms. The van der Waals surface area contributed by atoms with Gasteiger partial charge in [-0.1, -0.05) is 56.5 Å². The summed E-state index contributed by atoms with van der Waals surface area (Å²) in [7, 11) is 0. The fourth-order valence-corrected chi connectivity index (χ4v) is 2.82. The molecule has 3 heteroatoms. The molecule has 0 radical (unpaired) electrons. The molecule has 0 N–H and O–H groups in total. The number of ether oxygens (including phenoxy) is 1. The van der Waals surface area contributed by atoms with Crippen molar-refractivity contribution in [2.75, 3.05) is 13.1 Å². The Bertz CT molecular complexity index is 418. The lowest BCUT2D eigenvalue weighted by atomic mass is 10.1. The second kappa shape index (κ2) is 8.83. The summed E-state index contributed by atoms with van der Waals surface area (Å²) in [6.07, 6.45) is 6.15. The maximum Gasteiger partial charge on any atom is 0.306 e. The van der Waals surface area contributed by atoms with Crippen molar-refractivity contribution >= 4 is 5.97 Å². The standard InChI is InChI=1S/C18H27NO2/c1-2-3-4-8-11-18(20)21-17-12-13-19(15-17)14-16-9-6-5-7-10-16/h5-7,9-10,17H,2-4,8,11-15H2,1H3. The first-order valence-corrected chi connectivity index (χ1v) is 8.23. The van der Waals surface area contributed by atoms with Crippen LogP contribution in [0, 0.1) is 0 Å². The fraction of sp³-hybridized carbons (Fsp3) is 0.611. The van der Waals surface area contributed by atoms with Gasteiger partial charge in [-0.25, -0.2) is 0 Å². The number of hydrogen-bond donors (Lipinski definition) is 0. The van der Waals surface area contributed by atoms with Gasteiger partial charge < -0.3 is 4.74 Å². The van der Waals surface area contributed by atoms with Crippen molar-refractivity contribution in [2.24, 2.45) is 0 Å². The van der Waals surface area contributed by atoms with Crippen LogP contribution in [0.2, 0.25) is 0 Å². The summed E-state index contributed by atoms with van der Waals surface area (Å²) in [5.74, 6) is -0.0161. The van der Waals surface area contributed by atoms with Gasteiger partial charge in [0.2, 0.25) is 0 Å². The highest BCUT2D eigenvalue weighted by atomic mass is 16.5. The predicted molar refractivity (Wildman–Crippen MR) is 85.0 cm³/mol. The van der Waals surface area contributed by atoms with Crippen LogP contribution in [0.1, 0.15) is 51.0 Å². The van der Waals surface area contributed by atoms with Crippen LogP contribution in [0.3, 0.4) is 0 Å². The third-order valence-electron chi connectivity index (χ3n) is 4.01. The Hall–Kier alpha value is -1.35. The minimum atomic E-state index is -0.0161. The Balaban J connectivity index is 1.64. The lowest BCUT2D eigenvalue weighted by Crippen LogP contribution is -2.24. The number of carbonyl (C=O) groups excluding carboxylic acids is 1. The van der Waals surface area contributed by atoms with Crippen molar-refractivity contribution in [1.82, 2.24) is 4.90 Å². The van der Waals surface area contributed by atoms with Crippen LogP contribution in [-0.2, 0) is 16.1 Å². The molecule has 1 heterocycles. The molecule has 0 amide bonds. The minimum absolute atomic E-state index is 0.0161. The van der Waals surface area contributed by atoms with Gasteiger partial charge in [-0.3, -0.25) is 9.69 Å². The Morgan fingerprint density at radius 3 is 2.81 bits per heavy atom. The van der Waals surface area contributed by atoms with Crippen molar-refractivity contribution in [2.45, 2.75) is 58.1 Å². The number of likely N-dealkylation sites (tertiary alicyclic amines) is 1. The minimum Gasteiger partial charge on any atom is -0.461 e. The van der Waals surface area contributed by atoms with Crippen molar-refractivity contribution in [3.63, 3.8) is 0 Å². The van der Waals surface area contributed by atoms with E-state index >= 15 is 0 Å². The summed E-state index contributed by atoms with van der Waals surface area (Å²) in [4.78, 5) is 14.2. The van der Waals surface area contributed by atoms with E-state index in [-0.39, 0.29) is 12.1 Å². The number of nitrogens with zero attached hydrogens (tertiary/aromatic N) is 1. The van der Waals surface area contributed by atoms with E-state index in [1.54, 1.807) is 0 Å². The highest BCUT2D eigenvalue weighted by Gasteiger charge is 2.25. The second-order valence-corrected chi connectivity index (χ2v) is 5.93. The van der Waals surface area contributed by atoms with Crippen LogP contribution in [0.25, 0.3) is 0 Å². The molecule has 0 saturated carbocycles. The first-order chi connectivity index (χ1) is 10.3. The molecular formula is C18H27NO2. The predicted octanol–water partition coefficient (Wildman–Crippen LogP) is 3.77. The molecular weight excluding hydrogens is 262 g/mol. The number of benzene rings is 1. The first kappa shape index (κ1) is 16.0. The zero-order valence-corrected chi connectivity index (χ0v) is 13.1. The van der Waals surface area contributed by atoms with Gasteiger partial charge in [-0.15, -0.1) is 0 Å². The number of esters is 1. The third-order valence-corrected chi connectivity index (χ3v) is 4.01. The summed E-state index contributed by atoms with van der Waals surface area (Å²) in [6, 6.07) is 10.5. The summed E-state index contributed by atoms with van der Waals surface area (Å²) in [6.45, 7) is 5.02. The van der Waals surface area contributed by atoms with Gasteiger partial charge in [0.15, 0.2) is 0 Å². The molecule has 21 heavy (non-hydrogen) atoms. The average Bonchev–Trinajstić information content (AvgIpc) is 2.92. The molecule has 1 aromatic carbocycles. The molecule has 1 saturated heterocycles. The largest absolute Gasteiger partial charge is 0.461 e. The van der Waals surface area contributed by atoms with E-state index < -0.39 is 0 Å². The van der Waals surface area contributed by atoms with Crippen molar-refractivity contribution in [3.8, 4) is 0 Å². The number of rotatable bonds is 8. The molecule has 1 unspecified atom stereocenters. The zero-order valence-electron chi connectivity index (χ0n) is 13.1. The highest BCUT2D eigenvalue weighted by Crippen LogP contribution is 2.17. The van der Waals surface area contributed by atoms with E-state index in [2.05, 4.69) is 36.1 Å². The number of carbonyl (C=O) groups is 1. The van der Waals surface area contributed by atoms with E-state index in [1.807, 2.05) is 6.07 Å². The van der Waals surface area contributed by atoms with Crippen LogP contribution in [-0.4, -0.2) is 30.1 Å². The van der Waals surface area contributed by atoms with Crippen LogP contribution < -0.4 is 0 Å². The van der Waals surface area contributed by atoms with Crippen LogP contribution in [0.5, 0.6) is 0 Å². The van der Waals surface area contributed by atoms with Gasteiger partial charge in [0.25, 0.3) is 0 Å². The van der Waals surface area contributed by atoms with E-state index in [9.17, 15) is 4.79 Å². The first-order valence-electron chi connectivity index (χ1n) is 8.23. The summed E-state index contributed by atoms with van der Waals surface area (Å²) in [5, 5.41) is 0. The lowest BCUT2D eigenvalue weighted by molar-refractivity contribution is -0.148. The second-order valence-electron chi connectivity index (χ2n) is 5.93. The van der Waals surface area contributed by atoms with Crippen LogP contribution >= 0.6 is 0 Å². The van der Waals surface area contributed by atoms with Gasteiger partial charge in [0, 0.05) is 26.1 Å². The highest BCUT2D eigenvalue weighted by molar-refractivity contribution is 5.69. The third kappa shape index (κ3) is 5.88. The van der Waals surface area contributed by atoms with E-state index in [0.717, 1.165) is 38.9 Å². The topological polar surface area (TPSA) is 29.5 Å². The maximum absolute atomic E-state index is 11.8. The van der Waals surface area contributed by atoms with Gasteiger partial charge in [-0.05, 0) is 18.4 Å². The molecule has 1 atom stereocenters.